The first kappa shape index (κ1) is 42.3. The van der Waals surface area contributed by atoms with Crippen LogP contribution in [0.2, 0.25) is 0 Å². The highest BCUT2D eigenvalue weighted by Gasteiger charge is 2.30. The summed E-state index contributed by atoms with van der Waals surface area (Å²) in [5, 5.41) is 5.18. The number of carbonyl (C=O) groups is 5. The average molecular weight is 717 g/mol. The Morgan fingerprint density at radius 2 is 1.06 bits per heavy atom. The van der Waals surface area contributed by atoms with Crippen LogP contribution in [-0.4, -0.2) is 80.0 Å². The van der Waals surface area contributed by atoms with Crippen molar-refractivity contribution in [3.63, 3.8) is 0 Å². The van der Waals surface area contributed by atoms with E-state index >= 15 is 0 Å². The van der Waals surface area contributed by atoms with Crippen molar-refractivity contribution < 1.29 is 57.1 Å². The van der Waals surface area contributed by atoms with Crippen molar-refractivity contribution in [2.75, 3.05) is 21.0 Å². The third-order valence-corrected chi connectivity index (χ3v) is 6.40. The van der Waals surface area contributed by atoms with E-state index in [0.29, 0.717) is 28.0 Å². The molecule has 0 fully saturated rings. The molecule has 14 heteroatoms. The normalized spacial score (nSPS) is 12.9. The first-order valence-corrected chi connectivity index (χ1v) is 16.4. The summed E-state index contributed by atoms with van der Waals surface area (Å²) in [5.74, 6) is -1.48. The first-order valence-electron chi connectivity index (χ1n) is 16.4. The van der Waals surface area contributed by atoms with E-state index in [2.05, 4.69) is 10.6 Å². The summed E-state index contributed by atoms with van der Waals surface area (Å²) < 4.78 is 37.9. The number of ether oxygens (including phenoxy) is 7. The fourth-order valence-corrected chi connectivity index (χ4v) is 4.59. The highest BCUT2D eigenvalue weighted by molar-refractivity contribution is 5.84. The maximum Gasteiger partial charge on any atom is 0.408 e. The van der Waals surface area contributed by atoms with Gasteiger partial charge >= 0.3 is 30.1 Å². The Balaban J connectivity index is 2.68. The van der Waals surface area contributed by atoms with Crippen LogP contribution in [0.15, 0.2) is 36.4 Å². The number of benzene rings is 2. The molecular formula is C37H52N2O12. The topological polar surface area (TPSA) is 174 Å². The van der Waals surface area contributed by atoms with E-state index < -0.39 is 59.0 Å². The number of nitrogens with one attached hydrogen (secondary N) is 2. The third kappa shape index (κ3) is 15.3. The molecule has 2 aromatic rings. The van der Waals surface area contributed by atoms with Crippen molar-refractivity contribution in [1.82, 2.24) is 10.6 Å². The molecule has 2 rings (SSSR count). The highest BCUT2D eigenvalue weighted by Crippen LogP contribution is 2.39. The third-order valence-electron chi connectivity index (χ3n) is 6.40. The van der Waals surface area contributed by atoms with Crippen molar-refractivity contribution in [3.05, 3.63) is 47.5 Å². The minimum atomic E-state index is -1.14. The number of methoxy groups -OCH3 is 2. The zero-order valence-electron chi connectivity index (χ0n) is 31.6. The maximum atomic E-state index is 13.3. The second-order valence-electron chi connectivity index (χ2n) is 14.7. The molecule has 0 radical (unpaired) electrons. The molecule has 282 valence electrons. The summed E-state index contributed by atoms with van der Waals surface area (Å²) in [6, 6.07) is 7.66. The molecule has 0 aliphatic heterocycles. The van der Waals surface area contributed by atoms with Gasteiger partial charge < -0.3 is 43.8 Å². The Morgan fingerprint density at radius 3 is 1.47 bits per heavy atom. The van der Waals surface area contributed by atoms with Gasteiger partial charge in [0.2, 0.25) is 0 Å². The molecule has 2 atom stereocenters. The van der Waals surface area contributed by atoms with Gasteiger partial charge in [-0.25, -0.2) is 19.2 Å². The molecule has 0 aliphatic rings. The first-order chi connectivity index (χ1) is 23.5. The van der Waals surface area contributed by atoms with E-state index in [1.54, 1.807) is 98.7 Å². The van der Waals surface area contributed by atoms with E-state index in [1.165, 1.54) is 21.1 Å². The molecule has 0 heterocycles. The standard InChI is InChI=1S/C37H52N2O12/c1-22(40)48-30-16-14-24(19-27(31(41)46-12)38-33(43)50-36(5,6)7)18-26(30)25-17-23(13-15-29(25)47-21-45-11)20-28(32(42)49-35(2,3)4)39-34(44)51-37(8,9)10/h13-18,27-28H,19-21H2,1-12H3,(H,38,43)(H,39,44)/t27-,28-/m0/s1. The lowest BCUT2D eigenvalue weighted by Crippen LogP contribution is -2.47. The van der Waals surface area contributed by atoms with E-state index in [0.717, 1.165) is 0 Å². The SMILES string of the molecule is COCOc1ccc(C[C@H](NC(=O)OC(C)(C)C)C(=O)OC(C)(C)C)cc1-c1cc(C[C@H](NC(=O)OC(C)(C)C)C(=O)OC)ccc1OC(C)=O. The van der Waals surface area contributed by atoms with Gasteiger partial charge in [-0.15, -0.1) is 0 Å². The fraction of sp³-hybridized carbons (Fsp3) is 0.541. The number of hydrogen-bond donors (Lipinski definition) is 2. The van der Waals surface area contributed by atoms with Gasteiger partial charge in [-0.3, -0.25) is 4.79 Å². The lowest BCUT2D eigenvalue weighted by atomic mass is 9.95. The summed E-state index contributed by atoms with van der Waals surface area (Å²) in [6.45, 7) is 16.5. The second-order valence-corrected chi connectivity index (χ2v) is 14.7. The predicted molar refractivity (Wildman–Crippen MR) is 187 cm³/mol. The number of hydrogen-bond acceptors (Lipinski definition) is 12. The Hall–Kier alpha value is -4.85. The molecule has 0 unspecified atom stereocenters. The minimum absolute atomic E-state index is 0.0154. The number of carbonyl (C=O) groups excluding carboxylic acids is 5. The van der Waals surface area contributed by atoms with Crippen molar-refractivity contribution in [3.8, 4) is 22.6 Å². The predicted octanol–water partition coefficient (Wildman–Crippen LogP) is 5.65. The van der Waals surface area contributed by atoms with E-state index in [1.807, 2.05) is 0 Å². The maximum absolute atomic E-state index is 13.3. The van der Waals surface area contributed by atoms with Gasteiger partial charge in [-0.05, 0) is 97.7 Å². The lowest BCUT2D eigenvalue weighted by molar-refractivity contribution is -0.157. The number of alkyl carbamates (subject to hydrolysis) is 2. The number of esters is 3. The summed E-state index contributed by atoms with van der Waals surface area (Å²) >= 11 is 0. The number of rotatable bonds is 13. The van der Waals surface area contributed by atoms with Gasteiger partial charge in [0.05, 0.1) is 7.11 Å². The Kier molecular flexibility index (Phi) is 14.8. The summed E-state index contributed by atoms with van der Waals surface area (Å²) in [7, 11) is 2.66. The Morgan fingerprint density at radius 1 is 0.627 bits per heavy atom. The smallest absolute Gasteiger partial charge is 0.408 e. The van der Waals surface area contributed by atoms with Gasteiger partial charge in [-0.2, -0.15) is 0 Å². The van der Waals surface area contributed by atoms with Crippen LogP contribution in [0, 0.1) is 0 Å². The van der Waals surface area contributed by atoms with Crippen molar-refractivity contribution in [1.29, 1.82) is 0 Å². The molecule has 0 saturated heterocycles. The summed E-state index contributed by atoms with van der Waals surface area (Å²) in [4.78, 5) is 63.6. The molecule has 51 heavy (non-hydrogen) atoms. The highest BCUT2D eigenvalue weighted by atomic mass is 16.7. The molecule has 0 aliphatic carbocycles. The molecule has 2 N–H and O–H groups in total. The van der Waals surface area contributed by atoms with E-state index in [-0.39, 0.29) is 25.4 Å². The summed E-state index contributed by atoms with van der Waals surface area (Å²) in [6.07, 6.45) is -1.65. The fourth-order valence-electron chi connectivity index (χ4n) is 4.59. The molecule has 14 nitrogen and oxygen atoms in total. The average Bonchev–Trinajstić information content (AvgIpc) is 2.97. The van der Waals surface area contributed by atoms with Crippen LogP contribution >= 0.6 is 0 Å². The van der Waals surface area contributed by atoms with Crippen LogP contribution in [0.25, 0.3) is 11.1 Å². The quantitative estimate of drug-likeness (QED) is 0.113. The van der Waals surface area contributed by atoms with Crippen LogP contribution in [0.3, 0.4) is 0 Å². The van der Waals surface area contributed by atoms with Crippen LogP contribution < -0.4 is 20.1 Å². The van der Waals surface area contributed by atoms with Gasteiger partial charge in [-0.1, -0.05) is 12.1 Å². The summed E-state index contributed by atoms with van der Waals surface area (Å²) in [5.41, 5.74) is -0.536. The molecular weight excluding hydrogens is 664 g/mol. The van der Waals surface area contributed by atoms with Gasteiger partial charge in [0, 0.05) is 38.0 Å². The van der Waals surface area contributed by atoms with Crippen LogP contribution in [0.5, 0.6) is 11.5 Å². The van der Waals surface area contributed by atoms with Crippen molar-refractivity contribution in [2.24, 2.45) is 0 Å². The van der Waals surface area contributed by atoms with Gasteiger partial charge in [0.15, 0.2) is 6.79 Å². The Bertz CT molecular complexity index is 1550. The molecule has 2 amide bonds. The lowest BCUT2D eigenvalue weighted by Gasteiger charge is -2.26. The zero-order valence-corrected chi connectivity index (χ0v) is 31.6. The largest absolute Gasteiger partial charge is 0.467 e. The minimum Gasteiger partial charge on any atom is -0.467 e. The monoisotopic (exact) mass is 716 g/mol. The van der Waals surface area contributed by atoms with Crippen molar-refractivity contribution >= 4 is 30.1 Å². The second kappa shape index (κ2) is 17.9. The van der Waals surface area contributed by atoms with Crippen LogP contribution in [0.1, 0.15) is 80.4 Å². The zero-order chi connectivity index (χ0) is 38.7. The molecule has 2 aromatic carbocycles. The number of amides is 2. The van der Waals surface area contributed by atoms with E-state index in [9.17, 15) is 24.0 Å². The Labute approximate surface area is 299 Å². The molecule has 0 bridgehead atoms. The molecule has 0 spiro atoms. The molecule has 0 saturated carbocycles. The van der Waals surface area contributed by atoms with E-state index in [4.69, 9.17) is 33.2 Å². The van der Waals surface area contributed by atoms with Gasteiger partial charge in [0.1, 0.15) is 40.4 Å². The van der Waals surface area contributed by atoms with Crippen molar-refractivity contribution in [2.45, 2.75) is 111 Å². The van der Waals surface area contributed by atoms with Crippen LogP contribution in [0.4, 0.5) is 9.59 Å². The molecule has 0 aromatic heterocycles. The van der Waals surface area contributed by atoms with Gasteiger partial charge in [0.25, 0.3) is 0 Å². The van der Waals surface area contributed by atoms with Crippen LogP contribution in [-0.2, 0) is 50.9 Å².